The molecule has 1 aliphatic rings. The summed E-state index contributed by atoms with van der Waals surface area (Å²) in [5, 5.41) is 19.7. The molecular weight excluding hydrogens is 284 g/mol. The van der Waals surface area contributed by atoms with Crippen molar-refractivity contribution in [2.45, 2.75) is 32.6 Å². The number of carboxylic acid groups (broad SMARTS) is 1. The van der Waals surface area contributed by atoms with Crippen LogP contribution in [0.4, 0.5) is 5.69 Å². The van der Waals surface area contributed by atoms with Gasteiger partial charge in [0.1, 0.15) is 11.3 Å². The maximum Gasteiger partial charge on any atom is 0.341 e. The normalized spacial score (nSPS) is 16.7. The van der Waals surface area contributed by atoms with E-state index in [1.165, 1.54) is 13.3 Å². The summed E-state index contributed by atoms with van der Waals surface area (Å²) in [6.45, 7) is 1.81. The first-order chi connectivity index (χ1) is 10.6. The fourth-order valence-electron chi connectivity index (χ4n) is 2.29. The van der Waals surface area contributed by atoms with E-state index in [-0.39, 0.29) is 17.3 Å². The topological polar surface area (TPSA) is 92.0 Å². The SMILES string of the molecule is CCC(=Nc1ccc(OC)nc1)C(C(=O)O)=C(O)C1CCC1. The summed E-state index contributed by atoms with van der Waals surface area (Å²) in [6.07, 6.45) is 4.58. The van der Waals surface area contributed by atoms with Gasteiger partial charge in [0, 0.05) is 12.0 Å². The van der Waals surface area contributed by atoms with Gasteiger partial charge in [-0.1, -0.05) is 13.3 Å². The van der Waals surface area contributed by atoms with Crippen LogP contribution in [-0.2, 0) is 4.79 Å². The summed E-state index contributed by atoms with van der Waals surface area (Å²) in [6, 6.07) is 3.35. The van der Waals surface area contributed by atoms with Crippen molar-refractivity contribution < 1.29 is 19.7 Å². The Morgan fingerprint density at radius 2 is 2.14 bits per heavy atom. The number of hydrogen-bond donors (Lipinski definition) is 2. The highest BCUT2D eigenvalue weighted by Crippen LogP contribution is 2.34. The molecule has 0 unspecified atom stereocenters. The van der Waals surface area contributed by atoms with Gasteiger partial charge in [-0.15, -0.1) is 0 Å². The van der Waals surface area contributed by atoms with Gasteiger partial charge in [-0.3, -0.25) is 4.99 Å². The molecule has 2 rings (SSSR count). The number of carbonyl (C=O) groups is 1. The van der Waals surface area contributed by atoms with E-state index in [2.05, 4.69) is 9.98 Å². The van der Waals surface area contributed by atoms with Gasteiger partial charge in [-0.25, -0.2) is 9.78 Å². The van der Waals surface area contributed by atoms with Crippen molar-refractivity contribution in [3.05, 3.63) is 29.7 Å². The Labute approximate surface area is 129 Å². The van der Waals surface area contributed by atoms with Crippen LogP contribution in [0.5, 0.6) is 5.88 Å². The summed E-state index contributed by atoms with van der Waals surface area (Å²) >= 11 is 0. The number of allylic oxidation sites excluding steroid dienone is 1. The number of aliphatic imine (C=N–C) groups is 1. The van der Waals surface area contributed by atoms with Crippen molar-refractivity contribution in [2.75, 3.05) is 7.11 Å². The third-order valence-electron chi connectivity index (χ3n) is 3.78. The number of nitrogens with zero attached hydrogens (tertiary/aromatic N) is 2. The zero-order valence-corrected chi connectivity index (χ0v) is 12.7. The zero-order chi connectivity index (χ0) is 16.1. The van der Waals surface area contributed by atoms with Gasteiger partial charge < -0.3 is 14.9 Å². The Kier molecular flexibility index (Phi) is 5.14. The van der Waals surface area contributed by atoms with Gasteiger partial charge in [-0.2, -0.15) is 0 Å². The molecule has 0 amide bonds. The fraction of sp³-hybridized carbons (Fsp3) is 0.438. The largest absolute Gasteiger partial charge is 0.511 e. The average molecular weight is 304 g/mol. The van der Waals surface area contributed by atoms with Gasteiger partial charge in [0.05, 0.1) is 24.7 Å². The number of methoxy groups -OCH3 is 1. The first-order valence-corrected chi connectivity index (χ1v) is 7.31. The number of aromatic nitrogens is 1. The van der Waals surface area contributed by atoms with E-state index in [0.717, 1.165) is 19.3 Å². The maximum atomic E-state index is 11.5. The third kappa shape index (κ3) is 3.44. The van der Waals surface area contributed by atoms with E-state index < -0.39 is 5.97 Å². The highest BCUT2D eigenvalue weighted by atomic mass is 16.5. The van der Waals surface area contributed by atoms with Gasteiger partial charge in [0.25, 0.3) is 0 Å². The van der Waals surface area contributed by atoms with Crippen LogP contribution in [0.15, 0.2) is 34.7 Å². The quantitative estimate of drug-likeness (QED) is 0.478. The van der Waals surface area contributed by atoms with Crippen LogP contribution in [-0.4, -0.2) is 34.0 Å². The second-order valence-corrected chi connectivity index (χ2v) is 5.16. The van der Waals surface area contributed by atoms with E-state index in [9.17, 15) is 15.0 Å². The molecule has 1 aromatic rings. The molecule has 1 heterocycles. The molecule has 6 heteroatoms. The monoisotopic (exact) mass is 304 g/mol. The van der Waals surface area contributed by atoms with E-state index in [1.807, 2.05) is 6.92 Å². The van der Waals surface area contributed by atoms with Crippen molar-refractivity contribution in [1.29, 1.82) is 0 Å². The molecule has 1 fully saturated rings. The van der Waals surface area contributed by atoms with E-state index in [1.54, 1.807) is 12.1 Å². The van der Waals surface area contributed by atoms with Gasteiger partial charge in [-0.05, 0) is 25.3 Å². The van der Waals surface area contributed by atoms with E-state index >= 15 is 0 Å². The van der Waals surface area contributed by atoms with Gasteiger partial charge >= 0.3 is 5.97 Å². The minimum Gasteiger partial charge on any atom is -0.511 e. The molecular formula is C16H20N2O4. The van der Waals surface area contributed by atoms with Crippen LogP contribution < -0.4 is 4.74 Å². The van der Waals surface area contributed by atoms with Crippen LogP contribution in [0, 0.1) is 5.92 Å². The minimum atomic E-state index is -1.15. The molecule has 0 spiro atoms. The number of carboxylic acids is 1. The highest BCUT2D eigenvalue weighted by molar-refractivity contribution is 6.20. The van der Waals surface area contributed by atoms with E-state index in [0.29, 0.717) is 23.7 Å². The molecule has 22 heavy (non-hydrogen) atoms. The Bertz CT molecular complexity index is 601. The lowest BCUT2D eigenvalue weighted by Gasteiger charge is -2.26. The number of hydrogen-bond acceptors (Lipinski definition) is 5. The Balaban J connectivity index is 2.37. The molecule has 0 atom stereocenters. The second-order valence-electron chi connectivity index (χ2n) is 5.16. The number of rotatable bonds is 6. The molecule has 2 N–H and O–H groups in total. The number of aliphatic hydroxyl groups is 1. The third-order valence-corrected chi connectivity index (χ3v) is 3.78. The average Bonchev–Trinajstić information content (AvgIpc) is 2.45. The molecule has 6 nitrogen and oxygen atoms in total. The summed E-state index contributed by atoms with van der Waals surface area (Å²) in [5.41, 5.74) is 0.796. The molecule has 1 saturated carbocycles. The summed E-state index contributed by atoms with van der Waals surface area (Å²) in [7, 11) is 1.52. The maximum absolute atomic E-state index is 11.5. The molecule has 0 aromatic carbocycles. The van der Waals surface area contributed by atoms with E-state index in [4.69, 9.17) is 4.74 Å². The number of aliphatic hydroxyl groups excluding tert-OH is 1. The van der Waals surface area contributed by atoms with Crippen LogP contribution in [0.1, 0.15) is 32.6 Å². The van der Waals surface area contributed by atoms with Gasteiger partial charge in [0.2, 0.25) is 5.88 Å². The van der Waals surface area contributed by atoms with Crippen molar-refractivity contribution in [3.63, 3.8) is 0 Å². The predicted octanol–water partition coefficient (Wildman–Crippen LogP) is 3.27. The number of ether oxygens (including phenoxy) is 1. The smallest absolute Gasteiger partial charge is 0.341 e. The molecule has 1 aliphatic carbocycles. The Hall–Kier alpha value is -2.37. The summed E-state index contributed by atoms with van der Waals surface area (Å²) < 4.78 is 4.97. The number of aliphatic carboxylic acids is 1. The first kappa shape index (κ1) is 16.0. The summed E-state index contributed by atoms with van der Waals surface area (Å²) in [4.78, 5) is 19.9. The molecule has 0 bridgehead atoms. The molecule has 1 aromatic heterocycles. The lowest BCUT2D eigenvalue weighted by molar-refractivity contribution is -0.132. The fourth-order valence-corrected chi connectivity index (χ4v) is 2.29. The van der Waals surface area contributed by atoms with Crippen molar-refractivity contribution in [1.82, 2.24) is 4.98 Å². The lowest BCUT2D eigenvalue weighted by Crippen LogP contribution is -2.22. The second kappa shape index (κ2) is 7.06. The first-order valence-electron chi connectivity index (χ1n) is 7.31. The number of pyridine rings is 1. The minimum absolute atomic E-state index is 0.0548. The molecule has 0 radical (unpaired) electrons. The molecule has 0 aliphatic heterocycles. The molecule has 0 saturated heterocycles. The Morgan fingerprint density at radius 1 is 1.41 bits per heavy atom. The predicted molar refractivity (Wildman–Crippen MR) is 82.8 cm³/mol. The van der Waals surface area contributed by atoms with Gasteiger partial charge in [0.15, 0.2) is 0 Å². The lowest BCUT2D eigenvalue weighted by atomic mass is 9.81. The van der Waals surface area contributed by atoms with Crippen LogP contribution in [0.3, 0.4) is 0 Å². The summed E-state index contributed by atoms with van der Waals surface area (Å²) in [5.74, 6) is -0.799. The van der Waals surface area contributed by atoms with Crippen LogP contribution in [0.2, 0.25) is 0 Å². The Morgan fingerprint density at radius 3 is 2.55 bits per heavy atom. The standard InChI is InChI=1S/C16H20N2O4/c1-3-12(18-11-7-8-13(22-2)17-9-11)14(16(20)21)15(19)10-5-4-6-10/h7-10,19H,3-6H2,1-2H3,(H,20,21). The zero-order valence-electron chi connectivity index (χ0n) is 12.7. The highest BCUT2D eigenvalue weighted by Gasteiger charge is 2.29. The van der Waals surface area contributed by atoms with Crippen LogP contribution in [0.25, 0.3) is 0 Å². The van der Waals surface area contributed by atoms with Crippen molar-refractivity contribution >= 4 is 17.4 Å². The molecule has 118 valence electrons. The van der Waals surface area contributed by atoms with Crippen LogP contribution >= 0.6 is 0 Å². The van der Waals surface area contributed by atoms with Crippen molar-refractivity contribution in [3.8, 4) is 5.88 Å². The van der Waals surface area contributed by atoms with Crippen molar-refractivity contribution in [2.24, 2.45) is 10.9 Å².